The number of nitrogens with two attached hydrogens (primary N) is 3. The molecule has 0 spiro atoms. The third-order valence-electron chi connectivity index (χ3n) is 8.11. The van der Waals surface area contributed by atoms with E-state index in [-0.39, 0.29) is 30.5 Å². The minimum Gasteiger partial charge on any atom is -0.368 e. The van der Waals surface area contributed by atoms with Crippen molar-refractivity contribution < 1.29 is 29.2 Å². The standard InChI is InChI=1S/C30H39N7O4/c1-18(38)35-30(2)16-22-12-11-21(26(31)32)15-24(22)37(29(30)41)25(20-9-5-4-6-10-20)28(40)34-23(27(33)39)14-19-8-7-13-36(3)17-19/h7-8,11-13,15,17,20,23,25H,4-6,9-10,14,16H2,1-3H3,(H6-,31,32,33,34,35,38,39,40)/p+2/t23-,25?,30?/m0/s1. The number of hydrogen-bond donors (Lipinski definition) is 5. The molecule has 0 radical (unpaired) electrons. The van der Waals surface area contributed by atoms with E-state index >= 15 is 0 Å². The summed E-state index contributed by atoms with van der Waals surface area (Å²) in [4.78, 5) is 54.8. The average molecular weight is 564 g/mol. The first kappa shape index (κ1) is 29.7. The zero-order valence-electron chi connectivity index (χ0n) is 24.0. The van der Waals surface area contributed by atoms with Crippen molar-refractivity contribution in [2.24, 2.45) is 24.4 Å². The molecule has 1 saturated carbocycles. The molecule has 3 atom stereocenters. The van der Waals surface area contributed by atoms with Gasteiger partial charge in [0.25, 0.3) is 11.7 Å². The van der Waals surface area contributed by atoms with Gasteiger partial charge in [0, 0.05) is 37.1 Å². The molecule has 2 unspecified atom stereocenters. The van der Waals surface area contributed by atoms with E-state index in [1.807, 2.05) is 42.2 Å². The molecule has 1 aliphatic carbocycles. The fourth-order valence-corrected chi connectivity index (χ4v) is 6.19. The Morgan fingerprint density at radius 3 is 2.49 bits per heavy atom. The molecule has 2 heterocycles. The number of aromatic nitrogens is 1. The van der Waals surface area contributed by atoms with Crippen LogP contribution in [-0.4, -0.2) is 47.1 Å². The Labute approximate surface area is 240 Å². The minimum atomic E-state index is -1.28. The van der Waals surface area contributed by atoms with E-state index in [4.69, 9.17) is 16.9 Å². The van der Waals surface area contributed by atoms with Gasteiger partial charge in [-0.25, -0.2) is 4.57 Å². The first-order valence-corrected chi connectivity index (χ1v) is 14.1. The Balaban J connectivity index is 1.79. The van der Waals surface area contributed by atoms with Crippen molar-refractivity contribution in [1.29, 1.82) is 0 Å². The molecule has 1 aromatic heterocycles. The van der Waals surface area contributed by atoms with Crippen molar-refractivity contribution in [3.63, 3.8) is 0 Å². The number of aryl methyl sites for hydroxylation is 1. The molecule has 1 fully saturated rings. The van der Waals surface area contributed by atoms with Crippen molar-refractivity contribution in [2.45, 2.75) is 76.4 Å². The zero-order chi connectivity index (χ0) is 29.9. The lowest BCUT2D eigenvalue weighted by Crippen LogP contribution is -2.67. The monoisotopic (exact) mass is 563 g/mol. The predicted molar refractivity (Wildman–Crippen MR) is 153 cm³/mol. The van der Waals surface area contributed by atoms with Gasteiger partial charge in [0.15, 0.2) is 12.4 Å². The normalized spacial score (nSPS) is 20.5. The second-order valence-corrected chi connectivity index (χ2v) is 11.6. The van der Waals surface area contributed by atoms with Gasteiger partial charge in [-0.2, -0.15) is 0 Å². The van der Waals surface area contributed by atoms with Gasteiger partial charge in [-0.05, 0) is 49.4 Å². The number of amidine groups is 1. The molecule has 41 heavy (non-hydrogen) atoms. The summed E-state index contributed by atoms with van der Waals surface area (Å²) in [6.45, 7) is 3.03. The van der Waals surface area contributed by atoms with E-state index in [2.05, 4.69) is 10.6 Å². The molecule has 2 aromatic rings. The largest absolute Gasteiger partial charge is 0.368 e. The number of pyridine rings is 1. The number of rotatable bonds is 9. The molecule has 0 bridgehead atoms. The van der Waals surface area contributed by atoms with E-state index in [0.717, 1.165) is 43.2 Å². The minimum absolute atomic E-state index is 0.0823. The number of carbonyl (C=O) groups excluding carboxylic acids is 4. The first-order valence-electron chi connectivity index (χ1n) is 14.1. The summed E-state index contributed by atoms with van der Waals surface area (Å²) in [7, 11) is 1.87. The third kappa shape index (κ3) is 6.55. The average Bonchev–Trinajstić information content (AvgIpc) is 2.90. The van der Waals surface area contributed by atoms with Crippen molar-refractivity contribution >= 4 is 35.2 Å². The first-order chi connectivity index (χ1) is 19.4. The van der Waals surface area contributed by atoms with Crippen LogP contribution in [0.2, 0.25) is 0 Å². The lowest BCUT2D eigenvalue weighted by molar-refractivity contribution is -0.671. The number of nitrogens with zero attached hydrogens (tertiary/aromatic N) is 2. The summed E-state index contributed by atoms with van der Waals surface area (Å²) >= 11 is 0. The Hall–Kier alpha value is -4.28. The number of benzene rings is 1. The van der Waals surface area contributed by atoms with Crippen LogP contribution in [0.3, 0.4) is 0 Å². The van der Waals surface area contributed by atoms with Crippen LogP contribution in [0.15, 0.2) is 42.7 Å². The maximum absolute atomic E-state index is 14.3. The highest BCUT2D eigenvalue weighted by atomic mass is 16.2. The number of nitrogens with one attached hydrogen (secondary N) is 2. The topological polar surface area (TPSA) is 177 Å². The lowest BCUT2D eigenvalue weighted by Gasteiger charge is -2.46. The van der Waals surface area contributed by atoms with Crippen LogP contribution >= 0.6 is 0 Å². The fraction of sp³-hybridized carbons (Fsp3) is 0.467. The highest BCUT2D eigenvalue weighted by Crippen LogP contribution is 2.39. The molecule has 4 amide bonds. The summed E-state index contributed by atoms with van der Waals surface area (Å²) < 4.78 is 1.85. The maximum Gasteiger partial charge on any atom is 0.270 e. The molecule has 8 N–H and O–H groups in total. The molecule has 1 aliphatic heterocycles. The summed E-state index contributed by atoms with van der Waals surface area (Å²) in [6, 6.07) is 7.07. The number of amides is 4. The van der Waals surface area contributed by atoms with E-state index in [1.54, 1.807) is 19.1 Å². The van der Waals surface area contributed by atoms with Gasteiger partial charge in [0.2, 0.25) is 17.7 Å². The maximum atomic E-state index is 14.3. The second-order valence-electron chi connectivity index (χ2n) is 11.6. The van der Waals surface area contributed by atoms with Gasteiger partial charge in [0.05, 0.1) is 5.56 Å². The number of anilines is 1. The molecular formula is C30H41N7O4+2. The van der Waals surface area contributed by atoms with Crippen molar-refractivity contribution in [3.8, 4) is 0 Å². The van der Waals surface area contributed by atoms with Crippen LogP contribution in [0.5, 0.6) is 0 Å². The van der Waals surface area contributed by atoms with Crippen LogP contribution < -0.4 is 37.0 Å². The third-order valence-corrected chi connectivity index (χ3v) is 8.11. The summed E-state index contributed by atoms with van der Waals surface area (Å²) in [5, 5.41) is 11.6. The molecule has 1 aromatic carbocycles. The van der Waals surface area contributed by atoms with Crippen molar-refractivity contribution in [2.75, 3.05) is 4.90 Å². The van der Waals surface area contributed by atoms with Crippen LogP contribution in [0.25, 0.3) is 0 Å². The van der Waals surface area contributed by atoms with Crippen molar-refractivity contribution in [3.05, 3.63) is 59.4 Å². The highest BCUT2D eigenvalue weighted by molar-refractivity contribution is 6.10. The number of fused-ring (bicyclic) bond motifs is 1. The van der Waals surface area contributed by atoms with Gasteiger partial charge in [-0.15, -0.1) is 0 Å². The summed E-state index contributed by atoms with van der Waals surface area (Å²) in [5.74, 6) is -2.01. The van der Waals surface area contributed by atoms with Crippen LogP contribution in [0, 0.1) is 5.92 Å². The van der Waals surface area contributed by atoms with Gasteiger partial charge in [0.1, 0.15) is 24.7 Å². The smallest absolute Gasteiger partial charge is 0.270 e. The van der Waals surface area contributed by atoms with Gasteiger partial charge < -0.3 is 16.4 Å². The van der Waals surface area contributed by atoms with Crippen molar-refractivity contribution in [1.82, 2.24) is 10.6 Å². The molecule has 2 aliphatic rings. The van der Waals surface area contributed by atoms with E-state index in [1.165, 1.54) is 11.8 Å². The van der Waals surface area contributed by atoms with Gasteiger partial charge >= 0.3 is 0 Å². The van der Waals surface area contributed by atoms with E-state index in [0.29, 0.717) is 11.3 Å². The van der Waals surface area contributed by atoms with Crippen LogP contribution in [-0.2, 0) is 39.1 Å². The Morgan fingerprint density at radius 1 is 1.17 bits per heavy atom. The number of primary amides is 1. The lowest BCUT2D eigenvalue weighted by atomic mass is 9.79. The summed E-state index contributed by atoms with van der Waals surface area (Å²) in [5.41, 5.74) is 13.0. The number of hydrogen-bond acceptors (Lipinski definition) is 4. The highest BCUT2D eigenvalue weighted by Gasteiger charge is 2.49. The zero-order valence-corrected chi connectivity index (χ0v) is 24.0. The molecule has 4 rings (SSSR count). The molecule has 11 heteroatoms. The quantitative estimate of drug-likeness (QED) is 0.148. The molecule has 0 saturated heterocycles. The second kappa shape index (κ2) is 12.1. The van der Waals surface area contributed by atoms with Crippen LogP contribution in [0.1, 0.15) is 62.6 Å². The summed E-state index contributed by atoms with van der Waals surface area (Å²) in [6.07, 6.45) is 8.48. The fourth-order valence-electron chi connectivity index (χ4n) is 6.19. The SMILES string of the molecule is CC(=O)NC1(C)Cc2ccc(C(N)=[NH2+])cc2N(C(C(=O)N[C@@H](Cc2ccc[n+](C)c2)C(N)=O)C2CCCCC2)C1=O. The van der Waals surface area contributed by atoms with E-state index < -0.39 is 35.3 Å². The Morgan fingerprint density at radius 2 is 1.88 bits per heavy atom. The van der Waals surface area contributed by atoms with Gasteiger partial charge in [-0.3, -0.25) is 35.2 Å². The van der Waals surface area contributed by atoms with E-state index in [9.17, 15) is 19.2 Å². The molecule has 218 valence electrons. The Kier molecular flexibility index (Phi) is 8.74. The van der Waals surface area contributed by atoms with Crippen LogP contribution in [0.4, 0.5) is 5.69 Å². The molecule has 11 nitrogen and oxygen atoms in total. The predicted octanol–water partition coefficient (Wildman–Crippen LogP) is -1.08. The molecular weight excluding hydrogens is 522 g/mol. The van der Waals surface area contributed by atoms with Gasteiger partial charge in [-0.1, -0.05) is 25.3 Å². The Bertz CT molecular complexity index is 1370. The number of carbonyl (C=O) groups is 4.